The van der Waals surface area contributed by atoms with E-state index in [0.29, 0.717) is 0 Å². The molecule has 0 bridgehead atoms. The molecule has 0 unspecified atom stereocenters. The minimum absolute atomic E-state index is 1.14. The second kappa shape index (κ2) is 8.40. The first-order chi connectivity index (χ1) is 15.7. The van der Waals surface area contributed by atoms with Gasteiger partial charge in [0.25, 0.3) is 0 Å². The molecule has 0 fully saturated rings. The van der Waals surface area contributed by atoms with Crippen molar-refractivity contribution in [3.63, 3.8) is 0 Å². The summed E-state index contributed by atoms with van der Waals surface area (Å²) >= 11 is 8.38. The van der Waals surface area contributed by atoms with Crippen LogP contribution in [0, 0.1) is 0 Å². The SMILES string of the molecule is ClP(c1ccccc1)(c1ccccc1)(c1ccccc1)c1ccccc1-c1ccccc1. The van der Waals surface area contributed by atoms with E-state index < -0.39 is 5.96 Å². The van der Waals surface area contributed by atoms with Gasteiger partial charge in [0, 0.05) is 0 Å². The first kappa shape index (κ1) is 20.7. The molecular formula is C30H24ClP. The van der Waals surface area contributed by atoms with Crippen molar-refractivity contribution < 1.29 is 0 Å². The van der Waals surface area contributed by atoms with Gasteiger partial charge in [-0.3, -0.25) is 0 Å². The van der Waals surface area contributed by atoms with E-state index in [4.69, 9.17) is 11.2 Å². The van der Waals surface area contributed by atoms with Crippen molar-refractivity contribution in [2.75, 3.05) is 0 Å². The van der Waals surface area contributed by atoms with Gasteiger partial charge in [-0.05, 0) is 0 Å². The van der Waals surface area contributed by atoms with Crippen LogP contribution in [0.5, 0.6) is 0 Å². The molecule has 0 aliphatic rings. The van der Waals surface area contributed by atoms with Crippen LogP contribution in [-0.2, 0) is 0 Å². The van der Waals surface area contributed by atoms with Crippen LogP contribution in [0.15, 0.2) is 146 Å². The molecule has 0 N–H and O–H groups in total. The van der Waals surface area contributed by atoms with E-state index in [1.165, 1.54) is 5.56 Å². The molecule has 0 heterocycles. The van der Waals surface area contributed by atoms with Gasteiger partial charge in [0.15, 0.2) is 0 Å². The maximum absolute atomic E-state index is 8.38. The Labute approximate surface area is 194 Å². The van der Waals surface area contributed by atoms with Gasteiger partial charge in [-0.25, -0.2) is 0 Å². The second-order valence-corrected chi connectivity index (χ2v) is 14.0. The fraction of sp³-hybridized carbons (Fsp3) is 0. The van der Waals surface area contributed by atoms with E-state index in [1.807, 2.05) is 0 Å². The molecule has 0 nitrogen and oxygen atoms in total. The fourth-order valence-electron chi connectivity index (χ4n) is 4.69. The van der Waals surface area contributed by atoms with Gasteiger partial charge >= 0.3 is 195 Å². The molecule has 5 aromatic rings. The Morgan fingerprint density at radius 1 is 0.375 bits per heavy atom. The summed E-state index contributed by atoms with van der Waals surface area (Å²) in [5.74, 6) is -3.58. The zero-order chi connectivity index (χ0) is 21.9. The molecule has 5 rings (SSSR count). The number of benzene rings is 5. The summed E-state index contributed by atoms with van der Waals surface area (Å²) in [5, 5.41) is 4.58. The quantitative estimate of drug-likeness (QED) is 0.262. The van der Waals surface area contributed by atoms with Crippen LogP contribution in [0.1, 0.15) is 0 Å². The van der Waals surface area contributed by atoms with Crippen LogP contribution in [0.2, 0.25) is 0 Å². The van der Waals surface area contributed by atoms with E-state index in [2.05, 4.69) is 146 Å². The molecule has 0 atom stereocenters. The minimum atomic E-state index is -3.58. The summed E-state index contributed by atoms with van der Waals surface area (Å²) < 4.78 is 0. The monoisotopic (exact) mass is 450 g/mol. The van der Waals surface area contributed by atoms with Crippen molar-refractivity contribution in [2.24, 2.45) is 0 Å². The topological polar surface area (TPSA) is 0 Å². The summed E-state index contributed by atoms with van der Waals surface area (Å²) in [6.45, 7) is 0. The van der Waals surface area contributed by atoms with Gasteiger partial charge in [0.05, 0.1) is 0 Å². The Balaban J connectivity index is 2.01. The molecule has 32 heavy (non-hydrogen) atoms. The van der Waals surface area contributed by atoms with E-state index in [-0.39, 0.29) is 0 Å². The Hall–Kier alpha value is -3.18. The third-order valence-electron chi connectivity index (χ3n) is 6.16. The first-order valence-electron chi connectivity index (χ1n) is 10.8. The molecule has 0 saturated carbocycles. The summed E-state index contributed by atoms with van der Waals surface area (Å²) in [6.07, 6.45) is 0. The van der Waals surface area contributed by atoms with E-state index in [1.54, 1.807) is 0 Å². The van der Waals surface area contributed by atoms with Crippen LogP contribution in [-0.4, -0.2) is 0 Å². The van der Waals surface area contributed by atoms with Crippen molar-refractivity contribution in [1.82, 2.24) is 0 Å². The average molecular weight is 451 g/mol. The fourth-order valence-corrected chi connectivity index (χ4v) is 11.1. The Bertz CT molecular complexity index is 1220. The van der Waals surface area contributed by atoms with Gasteiger partial charge < -0.3 is 0 Å². The zero-order valence-electron chi connectivity index (χ0n) is 17.7. The average Bonchev–Trinajstić information content (AvgIpc) is 2.90. The van der Waals surface area contributed by atoms with Gasteiger partial charge in [0.2, 0.25) is 0 Å². The van der Waals surface area contributed by atoms with Crippen molar-refractivity contribution in [2.45, 2.75) is 0 Å². The predicted molar refractivity (Wildman–Crippen MR) is 143 cm³/mol. The van der Waals surface area contributed by atoms with Gasteiger partial charge in [-0.1, -0.05) is 0 Å². The molecule has 2 heteroatoms. The standard InChI is InChI=1S/C30H24ClP/c31-32(26-17-7-2-8-18-26,27-19-9-3-10-20-27,28-21-11-4-12-22-28)30-24-14-13-23-29(30)25-15-5-1-6-16-25/h1-24H. The summed E-state index contributed by atoms with van der Waals surface area (Å²) in [4.78, 5) is 0. The first-order valence-corrected chi connectivity index (χ1v) is 13.9. The van der Waals surface area contributed by atoms with Gasteiger partial charge in [-0.15, -0.1) is 0 Å². The molecule has 0 aliphatic heterocycles. The summed E-state index contributed by atoms with van der Waals surface area (Å²) in [7, 11) is 0. The van der Waals surface area contributed by atoms with Crippen LogP contribution in [0.25, 0.3) is 11.1 Å². The van der Waals surface area contributed by atoms with Crippen molar-refractivity contribution in [1.29, 1.82) is 0 Å². The predicted octanol–water partition coefficient (Wildman–Crippen LogP) is 6.66. The molecule has 0 amide bonds. The maximum atomic E-state index is 8.38. The molecule has 156 valence electrons. The number of rotatable bonds is 5. The van der Waals surface area contributed by atoms with Gasteiger partial charge in [0.1, 0.15) is 0 Å². The molecule has 5 aromatic carbocycles. The Kier molecular flexibility index (Phi) is 5.43. The van der Waals surface area contributed by atoms with Crippen molar-refractivity contribution in [3.05, 3.63) is 146 Å². The number of hydrogen-bond donors (Lipinski definition) is 0. The van der Waals surface area contributed by atoms with E-state index in [9.17, 15) is 0 Å². The third-order valence-corrected chi connectivity index (χ3v) is 13.6. The number of hydrogen-bond acceptors (Lipinski definition) is 0. The van der Waals surface area contributed by atoms with Crippen LogP contribution in [0.3, 0.4) is 0 Å². The van der Waals surface area contributed by atoms with E-state index >= 15 is 0 Å². The zero-order valence-corrected chi connectivity index (χ0v) is 19.3. The number of halogens is 1. The van der Waals surface area contributed by atoms with Crippen molar-refractivity contribution in [3.8, 4) is 11.1 Å². The molecule has 0 aromatic heterocycles. The van der Waals surface area contributed by atoms with Gasteiger partial charge in [-0.2, -0.15) is 0 Å². The van der Waals surface area contributed by atoms with E-state index in [0.717, 1.165) is 26.8 Å². The summed E-state index contributed by atoms with van der Waals surface area (Å²) in [5.41, 5.74) is 2.33. The second-order valence-electron chi connectivity index (χ2n) is 7.90. The molecule has 0 spiro atoms. The Morgan fingerprint density at radius 3 is 1.16 bits per heavy atom. The van der Waals surface area contributed by atoms with Crippen molar-refractivity contribution >= 4 is 38.4 Å². The molecule has 0 aliphatic carbocycles. The molecular weight excluding hydrogens is 427 g/mol. The molecule has 0 radical (unpaired) electrons. The third kappa shape index (κ3) is 3.11. The van der Waals surface area contributed by atoms with Crippen LogP contribution < -0.4 is 21.2 Å². The molecule has 0 saturated heterocycles. The van der Waals surface area contributed by atoms with Crippen LogP contribution >= 0.6 is 17.2 Å². The Morgan fingerprint density at radius 2 is 0.719 bits per heavy atom. The summed E-state index contributed by atoms with van der Waals surface area (Å²) in [6, 6.07) is 51.0. The normalized spacial score (nSPS) is 12.6. The van der Waals surface area contributed by atoms with Crippen LogP contribution in [0.4, 0.5) is 0 Å².